The Kier molecular flexibility index (Phi) is 2.04. The summed E-state index contributed by atoms with van der Waals surface area (Å²) in [6.45, 7) is 0. The van der Waals surface area contributed by atoms with Crippen molar-refractivity contribution < 1.29 is 9.90 Å². The van der Waals surface area contributed by atoms with Crippen molar-refractivity contribution in [2.45, 2.75) is 24.2 Å². The van der Waals surface area contributed by atoms with E-state index < -0.39 is 5.97 Å². The first-order chi connectivity index (χ1) is 6.18. The Bertz CT molecular complexity index is 371. The molecule has 0 atom stereocenters. The lowest BCUT2D eigenvalue weighted by molar-refractivity contribution is 0.0696. The molecular weight excluding hydrogens is 184 g/mol. The van der Waals surface area contributed by atoms with E-state index in [0.29, 0.717) is 5.56 Å². The summed E-state index contributed by atoms with van der Waals surface area (Å²) in [7, 11) is 0. The van der Waals surface area contributed by atoms with Crippen molar-refractivity contribution in [1.29, 1.82) is 0 Å². The SMILES string of the molecule is O=C(O)c1cc(S)c2c(c1)CCC2. The average Bonchev–Trinajstić information content (AvgIpc) is 2.51. The molecule has 0 amide bonds. The van der Waals surface area contributed by atoms with E-state index in [2.05, 4.69) is 12.6 Å². The van der Waals surface area contributed by atoms with Gasteiger partial charge < -0.3 is 5.11 Å². The Morgan fingerprint density at radius 3 is 2.85 bits per heavy atom. The lowest BCUT2D eigenvalue weighted by Crippen LogP contribution is -1.98. The molecule has 0 radical (unpaired) electrons. The smallest absolute Gasteiger partial charge is 0.335 e. The van der Waals surface area contributed by atoms with E-state index in [9.17, 15) is 4.79 Å². The van der Waals surface area contributed by atoms with Crippen molar-refractivity contribution in [2.75, 3.05) is 0 Å². The van der Waals surface area contributed by atoms with Gasteiger partial charge in [-0.2, -0.15) is 0 Å². The first kappa shape index (κ1) is 8.63. The van der Waals surface area contributed by atoms with E-state index in [1.54, 1.807) is 12.1 Å². The molecule has 1 aromatic carbocycles. The standard InChI is InChI=1S/C10H10O2S/c11-10(12)7-4-6-2-1-3-8(6)9(13)5-7/h4-5,13H,1-3H2,(H,11,12). The Morgan fingerprint density at radius 1 is 1.38 bits per heavy atom. The Morgan fingerprint density at radius 2 is 2.15 bits per heavy atom. The number of rotatable bonds is 1. The van der Waals surface area contributed by atoms with E-state index in [1.165, 1.54) is 5.56 Å². The molecule has 2 nitrogen and oxygen atoms in total. The summed E-state index contributed by atoms with van der Waals surface area (Å²) < 4.78 is 0. The number of carboxylic acid groups (broad SMARTS) is 1. The molecule has 1 N–H and O–H groups in total. The number of carboxylic acids is 1. The largest absolute Gasteiger partial charge is 0.478 e. The molecule has 0 bridgehead atoms. The predicted molar refractivity (Wildman–Crippen MR) is 52.7 cm³/mol. The first-order valence-corrected chi connectivity index (χ1v) is 4.71. The molecule has 0 saturated carbocycles. The number of aryl methyl sites for hydroxylation is 1. The molecular formula is C10H10O2S. The normalized spacial score (nSPS) is 14.2. The molecule has 2 rings (SSSR count). The van der Waals surface area contributed by atoms with E-state index in [1.807, 2.05) is 0 Å². The summed E-state index contributed by atoms with van der Waals surface area (Å²) in [5.74, 6) is -0.870. The van der Waals surface area contributed by atoms with Crippen LogP contribution in [0.1, 0.15) is 27.9 Å². The molecule has 0 saturated heterocycles. The zero-order valence-corrected chi connectivity index (χ0v) is 7.97. The molecule has 0 fully saturated rings. The maximum Gasteiger partial charge on any atom is 0.335 e. The van der Waals surface area contributed by atoms with Gasteiger partial charge in [0.25, 0.3) is 0 Å². The van der Waals surface area contributed by atoms with Crippen molar-refractivity contribution >= 4 is 18.6 Å². The van der Waals surface area contributed by atoms with Gasteiger partial charge in [0.05, 0.1) is 5.56 Å². The Labute approximate surface area is 82.0 Å². The predicted octanol–water partition coefficient (Wildman–Crippen LogP) is 2.16. The molecule has 68 valence electrons. The van der Waals surface area contributed by atoms with Crippen LogP contribution >= 0.6 is 12.6 Å². The lowest BCUT2D eigenvalue weighted by atomic mass is 10.1. The second-order valence-electron chi connectivity index (χ2n) is 3.29. The molecule has 0 heterocycles. The number of benzene rings is 1. The fourth-order valence-corrected chi connectivity index (χ4v) is 2.20. The third kappa shape index (κ3) is 1.44. The number of fused-ring (bicyclic) bond motifs is 1. The zero-order valence-electron chi connectivity index (χ0n) is 7.08. The van der Waals surface area contributed by atoms with Gasteiger partial charge in [-0.25, -0.2) is 4.79 Å². The second-order valence-corrected chi connectivity index (χ2v) is 3.77. The number of hydrogen-bond donors (Lipinski definition) is 2. The van der Waals surface area contributed by atoms with Crippen LogP contribution in [0.5, 0.6) is 0 Å². The minimum atomic E-state index is -0.870. The number of carbonyl (C=O) groups is 1. The fourth-order valence-electron chi connectivity index (χ4n) is 1.81. The molecule has 1 aliphatic rings. The maximum absolute atomic E-state index is 10.7. The van der Waals surface area contributed by atoms with Gasteiger partial charge >= 0.3 is 5.97 Å². The Balaban J connectivity index is 2.55. The summed E-state index contributed by atoms with van der Waals surface area (Å²) >= 11 is 4.29. The third-order valence-electron chi connectivity index (χ3n) is 2.44. The number of aromatic carboxylic acids is 1. The van der Waals surface area contributed by atoms with Gasteiger partial charge in [0.1, 0.15) is 0 Å². The minimum absolute atomic E-state index is 0.352. The quantitative estimate of drug-likeness (QED) is 0.672. The van der Waals surface area contributed by atoms with Gasteiger partial charge in [-0.05, 0) is 42.5 Å². The monoisotopic (exact) mass is 194 g/mol. The minimum Gasteiger partial charge on any atom is -0.478 e. The molecule has 0 spiro atoms. The van der Waals surface area contributed by atoms with Crippen LogP contribution in [0, 0.1) is 0 Å². The summed E-state index contributed by atoms with van der Waals surface area (Å²) in [6, 6.07) is 3.40. The second kappa shape index (κ2) is 3.07. The number of hydrogen-bond acceptors (Lipinski definition) is 2. The molecule has 0 unspecified atom stereocenters. The van der Waals surface area contributed by atoms with Crippen LogP contribution < -0.4 is 0 Å². The van der Waals surface area contributed by atoms with Crippen LogP contribution in [0.15, 0.2) is 17.0 Å². The highest BCUT2D eigenvalue weighted by Gasteiger charge is 2.16. The van der Waals surface area contributed by atoms with Gasteiger partial charge in [-0.3, -0.25) is 0 Å². The fraction of sp³-hybridized carbons (Fsp3) is 0.300. The van der Waals surface area contributed by atoms with E-state index in [4.69, 9.17) is 5.11 Å². The van der Waals surface area contributed by atoms with E-state index in [0.717, 1.165) is 29.7 Å². The lowest BCUT2D eigenvalue weighted by Gasteiger charge is -2.04. The molecule has 0 aliphatic heterocycles. The summed E-state index contributed by atoms with van der Waals surface area (Å²) in [4.78, 5) is 11.5. The molecule has 1 aromatic rings. The van der Waals surface area contributed by atoms with Crippen LogP contribution in [0.2, 0.25) is 0 Å². The highest BCUT2D eigenvalue weighted by atomic mass is 32.1. The van der Waals surface area contributed by atoms with Gasteiger partial charge in [-0.1, -0.05) is 0 Å². The summed E-state index contributed by atoms with van der Waals surface area (Å²) in [5, 5.41) is 8.81. The van der Waals surface area contributed by atoms with Crippen molar-refractivity contribution in [3.05, 3.63) is 28.8 Å². The highest BCUT2D eigenvalue weighted by molar-refractivity contribution is 7.80. The van der Waals surface area contributed by atoms with Crippen LogP contribution in [-0.2, 0) is 12.8 Å². The summed E-state index contributed by atoms with van der Waals surface area (Å²) in [6.07, 6.45) is 3.14. The number of thiol groups is 1. The van der Waals surface area contributed by atoms with E-state index >= 15 is 0 Å². The highest BCUT2D eigenvalue weighted by Crippen LogP contribution is 2.29. The van der Waals surface area contributed by atoms with Crippen molar-refractivity contribution in [3.63, 3.8) is 0 Å². The Hall–Kier alpha value is -0.960. The van der Waals surface area contributed by atoms with Gasteiger partial charge in [0, 0.05) is 4.90 Å². The van der Waals surface area contributed by atoms with E-state index in [-0.39, 0.29) is 0 Å². The molecule has 1 aliphatic carbocycles. The van der Waals surface area contributed by atoms with Crippen molar-refractivity contribution in [1.82, 2.24) is 0 Å². The summed E-state index contributed by atoms with van der Waals surface area (Å²) in [5.41, 5.74) is 2.74. The van der Waals surface area contributed by atoms with Crippen LogP contribution in [0.25, 0.3) is 0 Å². The molecule has 13 heavy (non-hydrogen) atoms. The first-order valence-electron chi connectivity index (χ1n) is 4.26. The molecule has 0 aromatic heterocycles. The van der Waals surface area contributed by atoms with Gasteiger partial charge in [0.15, 0.2) is 0 Å². The topological polar surface area (TPSA) is 37.3 Å². The van der Waals surface area contributed by atoms with Gasteiger partial charge in [0.2, 0.25) is 0 Å². The molecule has 3 heteroatoms. The van der Waals surface area contributed by atoms with Crippen LogP contribution in [0.4, 0.5) is 0 Å². The average molecular weight is 194 g/mol. The maximum atomic E-state index is 10.7. The van der Waals surface area contributed by atoms with Crippen LogP contribution in [0.3, 0.4) is 0 Å². The van der Waals surface area contributed by atoms with Crippen molar-refractivity contribution in [2.24, 2.45) is 0 Å². The third-order valence-corrected chi connectivity index (χ3v) is 2.84. The van der Waals surface area contributed by atoms with Crippen molar-refractivity contribution in [3.8, 4) is 0 Å². The van der Waals surface area contributed by atoms with Gasteiger partial charge in [-0.15, -0.1) is 12.6 Å². The van der Waals surface area contributed by atoms with Crippen LogP contribution in [-0.4, -0.2) is 11.1 Å². The zero-order chi connectivity index (χ0) is 9.42.